The second-order valence-corrected chi connectivity index (χ2v) is 9.71. The molecule has 3 aromatic rings. The topological polar surface area (TPSA) is 116 Å². The summed E-state index contributed by atoms with van der Waals surface area (Å²) in [6.07, 6.45) is -1.22. The van der Waals surface area contributed by atoms with Crippen LogP contribution < -0.4 is 10.6 Å². The van der Waals surface area contributed by atoms with E-state index in [9.17, 15) is 27.9 Å². The Bertz CT molecular complexity index is 1280. The molecule has 3 N–H and O–H groups in total. The molecule has 37 heavy (non-hydrogen) atoms. The Kier molecular flexibility index (Phi) is 7.68. The number of carbonyl (C=O) groups excluding carboxylic acids is 2. The Morgan fingerprint density at radius 2 is 1.86 bits per heavy atom. The molecule has 4 rings (SSSR count). The fraction of sp³-hybridized carbons (Fsp3) is 0.391. The number of phenolic OH excluding ortho intramolecular Hbond substituents is 1. The number of rotatable bonds is 7. The number of piperazine rings is 1. The van der Waals surface area contributed by atoms with Gasteiger partial charge in [-0.1, -0.05) is 17.4 Å². The molecule has 10 nitrogen and oxygen atoms in total. The van der Waals surface area contributed by atoms with Gasteiger partial charge < -0.3 is 20.6 Å². The molecule has 0 spiro atoms. The fourth-order valence-corrected chi connectivity index (χ4v) is 4.63. The lowest BCUT2D eigenvalue weighted by atomic mass is 10.1. The van der Waals surface area contributed by atoms with Gasteiger partial charge in [0.1, 0.15) is 17.2 Å². The Morgan fingerprint density at radius 1 is 1.14 bits per heavy atom. The lowest BCUT2D eigenvalue weighted by Gasteiger charge is -2.34. The summed E-state index contributed by atoms with van der Waals surface area (Å²) in [5.41, 5.74) is 1.92. The lowest BCUT2D eigenvalue weighted by Crippen LogP contribution is -2.51. The molecule has 1 aliphatic rings. The minimum Gasteiger partial charge on any atom is -0.508 e. The van der Waals surface area contributed by atoms with Crippen molar-refractivity contribution in [3.05, 3.63) is 46.6 Å². The van der Waals surface area contributed by atoms with Gasteiger partial charge in [0.15, 0.2) is 10.9 Å². The summed E-state index contributed by atoms with van der Waals surface area (Å²) < 4.78 is 39.1. The van der Waals surface area contributed by atoms with Gasteiger partial charge in [0, 0.05) is 44.0 Å². The molecule has 1 fully saturated rings. The van der Waals surface area contributed by atoms with Gasteiger partial charge in [0.25, 0.3) is 5.91 Å². The van der Waals surface area contributed by atoms with E-state index < -0.39 is 12.7 Å². The van der Waals surface area contributed by atoms with Crippen molar-refractivity contribution in [3.8, 4) is 5.75 Å². The second-order valence-electron chi connectivity index (χ2n) is 8.68. The fourth-order valence-electron chi connectivity index (χ4n) is 3.91. The number of benzene rings is 1. The van der Waals surface area contributed by atoms with E-state index in [1.165, 1.54) is 20.7 Å². The van der Waals surface area contributed by atoms with Crippen LogP contribution >= 0.6 is 11.3 Å². The van der Waals surface area contributed by atoms with E-state index in [1.54, 1.807) is 31.3 Å². The first-order chi connectivity index (χ1) is 17.5. The third kappa shape index (κ3) is 6.77. The SMILES string of the molecule is Cc1ccc(O)c(C)c1NC(=O)c1cnc(Nc2ccn(CC(=O)N3CCN(CC(F)(F)F)CC3)n2)s1. The molecule has 14 heteroatoms. The number of carbonyl (C=O) groups is 2. The van der Waals surface area contributed by atoms with Gasteiger partial charge in [0.2, 0.25) is 5.91 Å². The molecule has 2 amide bonds. The Balaban J connectivity index is 1.30. The van der Waals surface area contributed by atoms with Crippen LogP contribution in [0.4, 0.5) is 29.8 Å². The summed E-state index contributed by atoms with van der Waals surface area (Å²) >= 11 is 1.11. The van der Waals surface area contributed by atoms with Gasteiger partial charge in [-0.2, -0.15) is 18.3 Å². The maximum Gasteiger partial charge on any atom is 0.401 e. The third-order valence-corrected chi connectivity index (χ3v) is 6.83. The van der Waals surface area contributed by atoms with Crippen LogP contribution in [0.25, 0.3) is 0 Å². The summed E-state index contributed by atoms with van der Waals surface area (Å²) in [5, 5.41) is 20.4. The summed E-state index contributed by atoms with van der Waals surface area (Å²) in [6, 6.07) is 4.93. The predicted molar refractivity (Wildman–Crippen MR) is 132 cm³/mol. The maximum absolute atomic E-state index is 12.7. The van der Waals surface area contributed by atoms with Crippen molar-refractivity contribution in [1.82, 2.24) is 24.6 Å². The molecule has 1 aliphatic heterocycles. The number of nitrogens with zero attached hydrogens (tertiary/aromatic N) is 5. The van der Waals surface area contributed by atoms with E-state index in [2.05, 4.69) is 20.7 Å². The van der Waals surface area contributed by atoms with Crippen LogP contribution in [-0.2, 0) is 11.3 Å². The minimum atomic E-state index is -4.25. The van der Waals surface area contributed by atoms with Gasteiger partial charge in [-0.25, -0.2) is 4.98 Å². The van der Waals surface area contributed by atoms with E-state index in [-0.39, 0.29) is 50.3 Å². The van der Waals surface area contributed by atoms with Crippen molar-refractivity contribution in [2.75, 3.05) is 43.4 Å². The number of aromatic nitrogens is 3. The Morgan fingerprint density at radius 3 is 2.57 bits per heavy atom. The monoisotopic (exact) mass is 537 g/mol. The van der Waals surface area contributed by atoms with Crippen molar-refractivity contribution in [2.24, 2.45) is 0 Å². The molecule has 1 aromatic carbocycles. The van der Waals surface area contributed by atoms with Gasteiger partial charge in [0.05, 0.1) is 18.4 Å². The molecular formula is C23H26F3N7O3S. The molecule has 0 bridgehead atoms. The third-order valence-electron chi connectivity index (χ3n) is 5.91. The number of alkyl halides is 3. The summed E-state index contributed by atoms with van der Waals surface area (Å²) in [7, 11) is 0. The molecule has 3 heterocycles. The van der Waals surface area contributed by atoms with Crippen molar-refractivity contribution < 1.29 is 27.9 Å². The van der Waals surface area contributed by atoms with Crippen LogP contribution in [0.15, 0.2) is 30.6 Å². The van der Waals surface area contributed by atoms with Crippen molar-refractivity contribution in [2.45, 2.75) is 26.6 Å². The van der Waals surface area contributed by atoms with Gasteiger partial charge in [-0.3, -0.25) is 19.2 Å². The summed E-state index contributed by atoms with van der Waals surface area (Å²) in [6.45, 7) is 3.32. The average Bonchev–Trinajstić information content (AvgIpc) is 3.48. The molecule has 0 unspecified atom stereocenters. The summed E-state index contributed by atoms with van der Waals surface area (Å²) in [5.74, 6) is -0.0880. The van der Waals surface area contributed by atoms with E-state index >= 15 is 0 Å². The molecule has 1 saturated heterocycles. The minimum absolute atomic E-state index is 0.0465. The normalized spacial score (nSPS) is 14.6. The zero-order valence-corrected chi connectivity index (χ0v) is 21.0. The highest BCUT2D eigenvalue weighted by Gasteiger charge is 2.32. The maximum atomic E-state index is 12.7. The largest absolute Gasteiger partial charge is 0.508 e. The number of hydrogen-bond donors (Lipinski definition) is 3. The van der Waals surface area contributed by atoms with Gasteiger partial charge in [-0.15, -0.1) is 0 Å². The van der Waals surface area contributed by atoms with Crippen LogP contribution in [0.1, 0.15) is 20.8 Å². The highest BCUT2D eigenvalue weighted by molar-refractivity contribution is 7.17. The number of nitrogens with one attached hydrogen (secondary N) is 2. The second kappa shape index (κ2) is 10.8. The molecular weight excluding hydrogens is 511 g/mol. The van der Waals surface area contributed by atoms with Crippen LogP contribution in [0.2, 0.25) is 0 Å². The van der Waals surface area contributed by atoms with Crippen LogP contribution in [0.3, 0.4) is 0 Å². The first kappa shape index (κ1) is 26.4. The van der Waals surface area contributed by atoms with Gasteiger partial charge in [-0.05, 0) is 25.5 Å². The number of aryl methyl sites for hydroxylation is 1. The van der Waals surface area contributed by atoms with Crippen LogP contribution in [0, 0.1) is 13.8 Å². The van der Waals surface area contributed by atoms with E-state index in [0.29, 0.717) is 27.1 Å². The number of hydrogen-bond acceptors (Lipinski definition) is 8. The number of phenols is 1. The number of halogens is 3. The molecule has 0 aliphatic carbocycles. The number of thiazole rings is 1. The zero-order valence-electron chi connectivity index (χ0n) is 20.2. The molecule has 0 radical (unpaired) electrons. The van der Waals surface area contributed by atoms with E-state index in [1.807, 2.05) is 6.92 Å². The van der Waals surface area contributed by atoms with E-state index in [0.717, 1.165) is 16.9 Å². The molecule has 0 saturated carbocycles. The Hall–Kier alpha value is -3.65. The number of amides is 2. The quantitative estimate of drug-likeness (QED) is 0.423. The lowest BCUT2D eigenvalue weighted by molar-refractivity contribution is -0.151. The smallest absolute Gasteiger partial charge is 0.401 e. The molecule has 198 valence electrons. The predicted octanol–water partition coefficient (Wildman–Crippen LogP) is 3.36. The number of anilines is 3. The van der Waals surface area contributed by atoms with Crippen LogP contribution in [0.5, 0.6) is 5.75 Å². The van der Waals surface area contributed by atoms with Crippen molar-refractivity contribution >= 4 is 39.8 Å². The Labute approximate surface area is 214 Å². The van der Waals surface area contributed by atoms with Gasteiger partial charge >= 0.3 is 6.18 Å². The summed E-state index contributed by atoms with van der Waals surface area (Å²) in [4.78, 5) is 32.6. The zero-order chi connectivity index (χ0) is 26.7. The standard InChI is InChI=1S/C23H26F3N7O3S/c1-14-3-4-16(34)15(2)20(14)29-21(36)17-11-27-22(37-17)28-18-5-6-33(30-18)12-19(35)32-9-7-31(8-10-32)13-23(24,25)26/h3-6,11,34H,7-10,12-13H2,1-2H3,(H,29,36)(H,27,28,30). The highest BCUT2D eigenvalue weighted by Crippen LogP contribution is 2.29. The first-order valence-corrected chi connectivity index (χ1v) is 12.2. The number of aromatic hydroxyl groups is 1. The average molecular weight is 538 g/mol. The van der Waals surface area contributed by atoms with E-state index in [4.69, 9.17) is 0 Å². The van der Waals surface area contributed by atoms with Crippen molar-refractivity contribution in [3.63, 3.8) is 0 Å². The highest BCUT2D eigenvalue weighted by atomic mass is 32.1. The van der Waals surface area contributed by atoms with Crippen molar-refractivity contribution in [1.29, 1.82) is 0 Å². The molecule has 0 atom stereocenters. The first-order valence-electron chi connectivity index (χ1n) is 11.4. The molecule has 2 aromatic heterocycles. The van der Waals surface area contributed by atoms with Crippen LogP contribution in [-0.4, -0.2) is 80.4 Å².